The van der Waals surface area contributed by atoms with Crippen LogP contribution in [0.5, 0.6) is 0 Å². The lowest BCUT2D eigenvalue weighted by Gasteiger charge is -2.30. The molecule has 4 aromatic rings. The van der Waals surface area contributed by atoms with E-state index in [2.05, 4.69) is 37.6 Å². The molecular weight excluding hydrogens is 442 g/mol. The molecule has 1 aromatic carbocycles. The molecule has 0 bridgehead atoms. The predicted molar refractivity (Wildman–Crippen MR) is 132 cm³/mol. The molecule has 0 saturated heterocycles. The Morgan fingerprint density at radius 3 is 2.51 bits per heavy atom. The summed E-state index contributed by atoms with van der Waals surface area (Å²) in [5.74, 6) is 1.33. The van der Waals surface area contributed by atoms with Crippen molar-refractivity contribution in [2.24, 2.45) is 0 Å². The molecule has 0 aliphatic heterocycles. The van der Waals surface area contributed by atoms with E-state index in [1.807, 2.05) is 68.0 Å². The minimum atomic E-state index is -0.316. The highest BCUT2D eigenvalue weighted by atomic mass is 16.2. The lowest BCUT2D eigenvalue weighted by molar-refractivity contribution is 0.0642. The highest BCUT2D eigenvalue weighted by Gasteiger charge is 2.27. The number of aryl methyl sites for hydroxylation is 1. The quantitative estimate of drug-likeness (QED) is 0.414. The molecule has 0 spiro atoms. The second kappa shape index (κ2) is 10.1. The van der Waals surface area contributed by atoms with E-state index in [-0.39, 0.29) is 17.3 Å². The monoisotopic (exact) mass is 473 g/mol. The van der Waals surface area contributed by atoms with E-state index in [9.17, 15) is 4.79 Å². The summed E-state index contributed by atoms with van der Waals surface area (Å²) >= 11 is 0. The van der Waals surface area contributed by atoms with E-state index in [1.165, 1.54) is 0 Å². The lowest BCUT2D eigenvalue weighted by atomic mass is 10.0. The number of nitrogens with one attached hydrogen (secondary N) is 1. The third kappa shape index (κ3) is 5.42. The van der Waals surface area contributed by atoms with Crippen molar-refractivity contribution in [1.82, 2.24) is 45.3 Å². The number of pyridine rings is 1. The largest absolute Gasteiger partial charge is 0.334 e. The van der Waals surface area contributed by atoms with Gasteiger partial charge in [0.15, 0.2) is 0 Å². The van der Waals surface area contributed by atoms with Gasteiger partial charge in [-0.05, 0) is 44.0 Å². The fourth-order valence-electron chi connectivity index (χ4n) is 3.59. The number of aromatic nitrogens is 8. The number of carbonyl (C=O) groups excluding carboxylic acids is 1. The van der Waals surface area contributed by atoms with E-state index in [0.29, 0.717) is 12.2 Å². The molecule has 0 atom stereocenters. The van der Waals surface area contributed by atoms with Crippen LogP contribution in [0.15, 0.2) is 42.6 Å². The number of tetrazole rings is 1. The first-order chi connectivity index (χ1) is 16.8. The zero-order valence-corrected chi connectivity index (χ0v) is 20.9. The fraction of sp³-hybridized carbons (Fsp3) is 0.400. The van der Waals surface area contributed by atoms with Crippen LogP contribution >= 0.6 is 0 Å². The number of carbonyl (C=O) groups is 1. The van der Waals surface area contributed by atoms with Crippen molar-refractivity contribution in [3.05, 3.63) is 59.8 Å². The number of unbranched alkanes of at least 4 members (excludes halogenated alkanes) is 1. The Labute approximate surface area is 204 Å². The van der Waals surface area contributed by atoms with Gasteiger partial charge in [-0.1, -0.05) is 43.7 Å². The van der Waals surface area contributed by atoms with Crippen LogP contribution in [0.4, 0.5) is 0 Å². The molecule has 10 heteroatoms. The van der Waals surface area contributed by atoms with Crippen molar-refractivity contribution in [2.75, 3.05) is 7.05 Å². The van der Waals surface area contributed by atoms with Gasteiger partial charge in [0.1, 0.15) is 5.82 Å². The van der Waals surface area contributed by atoms with Gasteiger partial charge in [-0.2, -0.15) is 5.21 Å². The zero-order valence-electron chi connectivity index (χ0n) is 20.9. The summed E-state index contributed by atoms with van der Waals surface area (Å²) in [7, 11) is 1.78. The minimum absolute atomic E-state index is 0.180. The van der Waals surface area contributed by atoms with E-state index >= 15 is 0 Å². The van der Waals surface area contributed by atoms with E-state index in [4.69, 9.17) is 4.98 Å². The molecule has 1 N–H and O–H groups in total. The molecule has 3 aromatic heterocycles. The van der Waals surface area contributed by atoms with Crippen molar-refractivity contribution >= 4 is 5.91 Å². The van der Waals surface area contributed by atoms with Crippen LogP contribution in [0.2, 0.25) is 0 Å². The first kappa shape index (κ1) is 24.2. The van der Waals surface area contributed by atoms with Gasteiger partial charge >= 0.3 is 0 Å². The summed E-state index contributed by atoms with van der Waals surface area (Å²) in [6.07, 6.45) is 4.36. The third-order valence-electron chi connectivity index (χ3n) is 5.95. The van der Waals surface area contributed by atoms with Crippen LogP contribution < -0.4 is 0 Å². The maximum atomic E-state index is 13.0. The first-order valence-electron chi connectivity index (χ1n) is 11.8. The average molecular weight is 474 g/mol. The number of rotatable bonds is 8. The van der Waals surface area contributed by atoms with Gasteiger partial charge in [0.25, 0.3) is 5.91 Å². The lowest BCUT2D eigenvalue weighted by Crippen LogP contribution is -2.43. The van der Waals surface area contributed by atoms with Crippen molar-refractivity contribution in [2.45, 2.75) is 59.0 Å². The fourth-order valence-corrected chi connectivity index (χ4v) is 3.59. The van der Waals surface area contributed by atoms with Gasteiger partial charge in [0, 0.05) is 42.9 Å². The molecule has 0 saturated carbocycles. The molecule has 35 heavy (non-hydrogen) atoms. The third-order valence-corrected chi connectivity index (χ3v) is 5.95. The van der Waals surface area contributed by atoms with Crippen molar-refractivity contribution in [1.29, 1.82) is 0 Å². The van der Waals surface area contributed by atoms with Gasteiger partial charge in [0.05, 0.1) is 5.69 Å². The van der Waals surface area contributed by atoms with Gasteiger partial charge in [0.2, 0.25) is 11.6 Å². The number of hydrogen-bond acceptors (Lipinski definition) is 7. The average Bonchev–Trinajstić information content (AvgIpc) is 3.52. The molecule has 3 heterocycles. The second-order valence-electron chi connectivity index (χ2n) is 9.47. The second-order valence-corrected chi connectivity index (χ2v) is 9.47. The van der Waals surface area contributed by atoms with Crippen LogP contribution in [0.1, 0.15) is 62.5 Å². The molecule has 4 rings (SSSR count). The molecule has 0 unspecified atom stereocenters. The normalized spacial score (nSPS) is 11.6. The molecule has 10 nitrogen and oxygen atoms in total. The number of benzene rings is 1. The van der Waals surface area contributed by atoms with Crippen LogP contribution in [0.3, 0.4) is 0 Å². The predicted octanol–water partition coefficient (Wildman–Crippen LogP) is 3.78. The molecule has 0 aliphatic rings. The number of aromatic amines is 1. The molecule has 1 amide bonds. The van der Waals surface area contributed by atoms with Gasteiger partial charge < -0.3 is 4.90 Å². The van der Waals surface area contributed by atoms with E-state index in [1.54, 1.807) is 11.9 Å². The first-order valence-corrected chi connectivity index (χ1v) is 11.8. The Bertz CT molecular complexity index is 1270. The molecule has 0 aliphatic carbocycles. The highest BCUT2D eigenvalue weighted by molar-refractivity contribution is 5.90. The summed E-state index contributed by atoms with van der Waals surface area (Å²) in [6, 6.07) is 11.8. The van der Waals surface area contributed by atoms with Crippen LogP contribution in [-0.4, -0.2) is 63.8 Å². The summed E-state index contributed by atoms with van der Waals surface area (Å²) in [6.45, 7) is 8.82. The maximum Gasteiger partial charge on any atom is 0.293 e. The summed E-state index contributed by atoms with van der Waals surface area (Å²) in [4.78, 5) is 24.0. The van der Waals surface area contributed by atoms with E-state index < -0.39 is 0 Å². The van der Waals surface area contributed by atoms with Gasteiger partial charge in [-0.3, -0.25) is 9.78 Å². The van der Waals surface area contributed by atoms with Gasteiger partial charge in [-0.25, -0.2) is 9.67 Å². The minimum Gasteiger partial charge on any atom is -0.334 e. The van der Waals surface area contributed by atoms with Crippen molar-refractivity contribution < 1.29 is 4.79 Å². The number of nitrogens with zero attached hydrogens (tertiary/aromatic N) is 8. The molecule has 0 radical (unpaired) electrons. The van der Waals surface area contributed by atoms with E-state index in [0.717, 1.165) is 47.6 Å². The summed E-state index contributed by atoms with van der Waals surface area (Å²) in [5.41, 5.74) is 3.25. The Balaban J connectivity index is 1.59. The van der Waals surface area contributed by atoms with Crippen molar-refractivity contribution in [3.8, 4) is 22.6 Å². The number of hydrogen-bond donors (Lipinski definition) is 1. The standard InChI is InChI=1S/C25H31N9O/c1-6-7-14-34-21(27-23(30-34)24(35)33(5)25(2,3)4)15-17-12-13-20(26-16-17)18-10-8-9-11-19(18)22-28-31-32-29-22/h8-13,16H,6-7,14-15H2,1-5H3,(H,28,29,31,32). The summed E-state index contributed by atoms with van der Waals surface area (Å²) < 4.78 is 1.85. The Morgan fingerprint density at radius 2 is 1.89 bits per heavy atom. The highest BCUT2D eigenvalue weighted by Crippen LogP contribution is 2.28. The molecule has 182 valence electrons. The smallest absolute Gasteiger partial charge is 0.293 e. The molecule has 0 fully saturated rings. The number of H-pyrrole nitrogens is 1. The van der Waals surface area contributed by atoms with Crippen LogP contribution in [0.25, 0.3) is 22.6 Å². The Hall–Kier alpha value is -3.95. The maximum absolute atomic E-state index is 13.0. The Morgan fingerprint density at radius 1 is 1.11 bits per heavy atom. The topological polar surface area (TPSA) is 118 Å². The summed E-state index contributed by atoms with van der Waals surface area (Å²) in [5, 5.41) is 18.9. The number of amides is 1. The Kier molecular flexibility index (Phi) is 6.99. The SMILES string of the molecule is CCCCn1nc(C(=O)N(C)C(C)(C)C)nc1Cc1ccc(-c2ccccc2-c2nn[nH]n2)nc1. The van der Waals surface area contributed by atoms with Gasteiger partial charge in [-0.15, -0.1) is 15.3 Å². The van der Waals surface area contributed by atoms with Crippen molar-refractivity contribution in [3.63, 3.8) is 0 Å². The molecular formula is C25H31N9O. The van der Waals surface area contributed by atoms with Crippen LogP contribution in [0, 0.1) is 0 Å². The zero-order chi connectivity index (χ0) is 25.0. The van der Waals surface area contributed by atoms with Crippen LogP contribution in [-0.2, 0) is 13.0 Å².